The molecule has 0 aliphatic rings. The normalized spacial score (nSPS) is 10.3. The van der Waals surface area contributed by atoms with E-state index < -0.39 is 11.8 Å². The number of para-hydroxylation sites is 1. The minimum Gasteiger partial charge on any atom is -0.492 e. The van der Waals surface area contributed by atoms with Crippen LogP contribution in [0.1, 0.15) is 28.8 Å². The topological polar surface area (TPSA) is 96.5 Å². The lowest BCUT2D eigenvalue weighted by atomic mass is 10.2. The average Bonchev–Trinajstić information content (AvgIpc) is 2.84. The minimum absolute atomic E-state index is 0.0620. The molecule has 0 saturated heterocycles. The highest BCUT2D eigenvalue weighted by Crippen LogP contribution is 2.26. The third-order valence-electron chi connectivity index (χ3n) is 4.73. The summed E-state index contributed by atoms with van der Waals surface area (Å²) in [6.07, 6.45) is 0.597. The number of benzene rings is 3. The Balaban J connectivity index is 1.40. The van der Waals surface area contributed by atoms with Gasteiger partial charge in [0.2, 0.25) is 11.8 Å². The molecular formula is C25H23BrClN3O4. The first-order valence-corrected chi connectivity index (χ1v) is 11.7. The summed E-state index contributed by atoms with van der Waals surface area (Å²) in [5.74, 6) is -0.740. The molecule has 0 saturated carbocycles. The molecule has 9 heteroatoms. The van der Waals surface area contributed by atoms with Crippen LogP contribution in [0.15, 0.2) is 77.3 Å². The summed E-state index contributed by atoms with van der Waals surface area (Å²) < 4.78 is 6.40. The van der Waals surface area contributed by atoms with Crippen LogP contribution in [0.25, 0.3) is 0 Å². The Hall–Kier alpha value is -3.36. The first kappa shape index (κ1) is 25.3. The van der Waals surface area contributed by atoms with Crippen molar-refractivity contribution in [1.82, 2.24) is 10.9 Å². The molecule has 0 aromatic heterocycles. The monoisotopic (exact) mass is 543 g/mol. The molecule has 0 spiro atoms. The van der Waals surface area contributed by atoms with Crippen LogP contribution in [0.2, 0.25) is 5.02 Å². The van der Waals surface area contributed by atoms with E-state index in [1.165, 1.54) is 5.56 Å². The van der Waals surface area contributed by atoms with Crippen LogP contribution >= 0.6 is 27.5 Å². The van der Waals surface area contributed by atoms with E-state index in [0.717, 1.165) is 6.42 Å². The highest BCUT2D eigenvalue weighted by Gasteiger charge is 2.12. The van der Waals surface area contributed by atoms with Crippen molar-refractivity contribution in [3.05, 3.63) is 93.4 Å². The van der Waals surface area contributed by atoms with Crippen molar-refractivity contribution in [2.24, 2.45) is 0 Å². The van der Waals surface area contributed by atoms with Gasteiger partial charge in [0.25, 0.3) is 5.91 Å². The van der Waals surface area contributed by atoms with E-state index in [1.54, 1.807) is 42.5 Å². The predicted molar refractivity (Wildman–Crippen MR) is 135 cm³/mol. The second-order valence-corrected chi connectivity index (χ2v) is 8.52. The molecule has 3 aromatic rings. The first-order valence-electron chi connectivity index (χ1n) is 10.5. The maximum atomic E-state index is 12.3. The first-order chi connectivity index (χ1) is 16.4. The standard InChI is InChI=1S/C25H23BrClN3O4/c26-19-16-18(10-11-22(19)34-15-14-17-6-2-1-3-7-17)25(33)30-29-24(32)13-12-23(31)28-21-9-5-4-8-20(21)27/h1-11,16H,12-15H2,(H,28,31)(H,29,32)(H,30,33). The summed E-state index contributed by atoms with van der Waals surface area (Å²) in [5, 5.41) is 3.04. The molecule has 0 heterocycles. The summed E-state index contributed by atoms with van der Waals surface area (Å²) in [4.78, 5) is 36.3. The smallest absolute Gasteiger partial charge is 0.269 e. The molecule has 0 unspecified atom stereocenters. The zero-order valence-corrected chi connectivity index (χ0v) is 20.5. The Morgan fingerprint density at radius 1 is 0.853 bits per heavy atom. The van der Waals surface area contributed by atoms with Crippen molar-refractivity contribution in [1.29, 1.82) is 0 Å². The number of hydrogen-bond donors (Lipinski definition) is 3. The Kier molecular flexibility index (Phi) is 9.49. The molecule has 3 aromatic carbocycles. The Morgan fingerprint density at radius 3 is 2.29 bits per heavy atom. The number of ether oxygens (including phenoxy) is 1. The van der Waals surface area contributed by atoms with Crippen LogP contribution < -0.4 is 20.9 Å². The van der Waals surface area contributed by atoms with Gasteiger partial charge in [0, 0.05) is 24.8 Å². The molecule has 0 aliphatic heterocycles. The highest BCUT2D eigenvalue weighted by molar-refractivity contribution is 9.10. The lowest BCUT2D eigenvalue weighted by Crippen LogP contribution is -2.41. The number of carbonyl (C=O) groups excluding carboxylic acids is 3. The number of hydrogen-bond acceptors (Lipinski definition) is 4. The van der Waals surface area contributed by atoms with Crippen molar-refractivity contribution >= 4 is 50.9 Å². The van der Waals surface area contributed by atoms with Gasteiger partial charge < -0.3 is 10.1 Å². The van der Waals surface area contributed by atoms with E-state index in [-0.39, 0.29) is 18.7 Å². The molecule has 3 rings (SSSR count). The fourth-order valence-corrected chi connectivity index (χ4v) is 3.62. The van der Waals surface area contributed by atoms with Crippen LogP contribution in [0.5, 0.6) is 5.75 Å². The molecule has 3 N–H and O–H groups in total. The average molecular weight is 545 g/mol. The number of rotatable bonds is 9. The van der Waals surface area contributed by atoms with Crippen molar-refractivity contribution in [3.8, 4) is 5.75 Å². The summed E-state index contributed by atoms with van der Waals surface area (Å²) in [6.45, 7) is 0.494. The van der Waals surface area contributed by atoms with E-state index in [9.17, 15) is 14.4 Å². The number of nitrogens with one attached hydrogen (secondary N) is 3. The quantitative estimate of drug-likeness (QED) is 0.334. The van der Waals surface area contributed by atoms with Crippen molar-refractivity contribution in [2.75, 3.05) is 11.9 Å². The fraction of sp³-hybridized carbons (Fsp3) is 0.160. The SMILES string of the molecule is O=C(CCC(=O)Nc1ccccc1Cl)NNC(=O)c1ccc(OCCc2ccccc2)c(Br)c1. The van der Waals surface area contributed by atoms with Crippen LogP contribution in [-0.2, 0) is 16.0 Å². The van der Waals surface area contributed by atoms with Gasteiger partial charge in [0.15, 0.2) is 0 Å². The number of carbonyl (C=O) groups is 3. The van der Waals surface area contributed by atoms with Gasteiger partial charge >= 0.3 is 0 Å². The number of halogens is 2. The van der Waals surface area contributed by atoms with Gasteiger partial charge in [-0.15, -0.1) is 0 Å². The van der Waals surface area contributed by atoms with Gasteiger partial charge in [-0.3, -0.25) is 25.2 Å². The molecule has 34 heavy (non-hydrogen) atoms. The third kappa shape index (κ3) is 7.90. The summed E-state index contributed by atoms with van der Waals surface area (Å²) in [6, 6.07) is 21.7. The minimum atomic E-state index is -0.498. The summed E-state index contributed by atoms with van der Waals surface area (Å²) >= 11 is 9.40. The van der Waals surface area contributed by atoms with Crippen molar-refractivity contribution < 1.29 is 19.1 Å². The summed E-state index contributed by atoms with van der Waals surface area (Å²) in [5.41, 5.74) is 6.63. The van der Waals surface area contributed by atoms with E-state index >= 15 is 0 Å². The molecule has 0 atom stereocenters. The van der Waals surface area contributed by atoms with E-state index in [0.29, 0.717) is 33.1 Å². The molecule has 0 aliphatic carbocycles. The Morgan fingerprint density at radius 2 is 1.56 bits per heavy atom. The second kappa shape index (κ2) is 12.8. The maximum absolute atomic E-state index is 12.3. The molecular weight excluding hydrogens is 522 g/mol. The van der Waals surface area contributed by atoms with Crippen LogP contribution in [0, 0.1) is 0 Å². The van der Waals surface area contributed by atoms with Gasteiger partial charge in [0.1, 0.15) is 5.75 Å². The van der Waals surface area contributed by atoms with Crippen LogP contribution in [0.4, 0.5) is 5.69 Å². The van der Waals surface area contributed by atoms with Gasteiger partial charge in [-0.1, -0.05) is 54.1 Å². The second-order valence-electron chi connectivity index (χ2n) is 7.26. The van der Waals surface area contributed by atoms with Gasteiger partial charge in [0.05, 0.1) is 21.8 Å². The molecule has 7 nitrogen and oxygen atoms in total. The van der Waals surface area contributed by atoms with E-state index in [2.05, 4.69) is 32.1 Å². The van der Waals surface area contributed by atoms with Gasteiger partial charge in [-0.05, 0) is 51.8 Å². The van der Waals surface area contributed by atoms with E-state index in [1.807, 2.05) is 30.3 Å². The fourth-order valence-electron chi connectivity index (χ4n) is 2.95. The van der Waals surface area contributed by atoms with Crippen molar-refractivity contribution in [2.45, 2.75) is 19.3 Å². The third-order valence-corrected chi connectivity index (χ3v) is 5.68. The molecule has 3 amide bonds. The molecule has 0 bridgehead atoms. The van der Waals surface area contributed by atoms with Gasteiger partial charge in [-0.2, -0.15) is 0 Å². The Labute approximate surface area is 210 Å². The maximum Gasteiger partial charge on any atom is 0.269 e. The number of hydrazine groups is 1. The van der Waals surface area contributed by atoms with Gasteiger partial charge in [-0.25, -0.2) is 0 Å². The highest BCUT2D eigenvalue weighted by atomic mass is 79.9. The number of anilines is 1. The number of amides is 3. The van der Waals surface area contributed by atoms with E-state index in [4.69, 9.17) is 16.3 Å². The Bertz CT molecular complexity index is 1160. The van der Waals surface area contributed by atoms with Crippen molar-refractivity contribution in [3.63, 3.8) is 0 Å². The largest absolute Gasteiger partial charge is 0.492 e. The predicted octanol–water partition coefficient (Wildman–Crippen LogP) is 4.90. The molecule has 176 valence electrons. The lowest BCUT2D eigenvalue weighted by molar-refractivity contribution is -0.124. The molecule has 0 radical (unpaired) electrons. The van der Waals surface area contributed by atoms with Crippen LogP contribution in [-0.4, -0.2) is 24.3 Å². The summed E-state index contributed by atoms with van der Waals surface area (Å²) in [7, 11) is 0. The molecule has 0 fully saturated rings. The zero-order valence-electron chi connectivity index (χ0n) is 18.1. The zero-order chi connectivity index (χ0) is 24.3. The lowest BCUT2D eigenvalue weighted by Gasteiger charge is -2.11. The van der Waals surface area contributed by atoms with Crippen LogP contribution in [0.3, 0.4) is 0 Å².